The average Bonchev–Trinajstić information content (AvgIpc) is 1.80. The molecule has 1 fully saturated rings. The Bertz CT molecular complexity index is 136. The van der Waals surface area contributed by atoms with Crippen molar-refractivity contribution in [1.82, 2.24) is 0 Å². The van der Waals surface area contributed by atoms with Gasteiger partial charge in [-0.15, -0.1) is 0 Å². The molecule has 0 aromatic rings. The van der Waals surface area contributed by atoms with Crippen LogP contribution in [0.25, 0.3) is 0 Å². The van der Waals surface area contributed by atoms with E-state index < -0.39 is 0 Å². The van der Waals surface area contributed by atoms with Crippen LogP contribution in [-0.2, 0) is 9.53 Å². The summed E-state index contributed by atoms with van der Waals surface area (Å²) in [5.74, 6) is 0.451. The van der Waals surface area contributed by atoms with E-state index in [0.717, 1.165) is 0 Å². The minimum absolute atomic E-state index is 0.139. The molecule has 0 aliphatic heterocycles. The average molecular weight is 140 g/mol. The molecule has 0 radical (unpaired) electrons. The van der Waals surface area contributed by atoms with Crippen molar-refractivity contribution < 1.29 is 9.53 Å². The van der Waals surface area contributed by atoms with Crippen molar-refractivity contribution in [2.24, 2.45) is 5.92 Å². The molecule has 0 amide bonds. The van der Waals surface area contributed by atoms with Gasteiger partial charge >= 0.3 is 5.97 Å². The lowest BCUT2D eigenvalue weighted by Crippen LogP contribution is -2.16. The third-order valence-electron chi connectivity index (χ3n) is 1.89. The molecule has 0 aromatic heterocycles. The minimum Gasteiger partial charge on any atom is -0.435 e. The van der Waals surface area contributed by atoms with Crippen molar-refractivity contribution in [3.05, 3.63) is 12.8 Å². The molecule has 0 N–H and O–H groups in total. The first kappa shape index (κ1) is 7.32. The molecule has 0 unspecified atom stereocenters. The quantitative estimate of drug-likeness (QED) is 0.442. The molecule has 2 nitrogen and oxygen atoms in total. The number of rotatable bonds is 3. The molecule has 0 heterocycles. The first-order valence-corrected chi connectivity index (χ1v) is 3.63. The second kappa shape index (κ2) is 3.40. The van der Waals surface area contributed by atoms with Gasteiger partial charge in [0.05, 0.1) is 6.26 Å². The number of carbonyl (C=O) groups is 1. The largest absolute Gasteiger partial charge is 0.435 e. The van der Waals surface area contributed by atoms with E-state index in [9.17, 15) is 4.79 Å². The molecule has 10 heavy (non-hydrogen) atoms. The van der Waals surface area contributed by atoms with Crippen LogP contribution in [0.2, 0.25) is 0 Å². The summed E-state index contributed by atoms with van der Waals surface area (Å²) < 4.78 is 4.57. The maximum Gasteiger partial charge on any atom is 0.310 e. The smallest absolute Gasteiger partial charge is 0.310 e. The molecule has 1 saturated carbocycles. The van der Waals surface area contributed by atoms with Crippen molar-refractivity contribution in [1.29, 1.82) is 0 Å². The molecule has 0 bridgehead atoms. The summed E-state index contributed by atoms with van der Waals surface area (Å²) in [4.78, 5) is 10.8. The lowest BCUT2D eigenvalue weighted by atomic mass is 9.83. The van der Waals surface area contributed by atoms with Crippen LogP contribution in [0.15, 0.2) is 12.8 Å². The summed E-state index contributed by atoms with van der Waals surface area (Å²) >= 11 is 0. The molecule has 0 saturated heterocycles. The van der Waals surface area contributed by atoms with Crippen molar-refractivity contribution in [3.63, 3.8) is 0 Å². The molecule has 1 rings (SSSR count). The van der Waals surface area contributed by atoms with E-state index >= 15 is 0 Å². The Morgan fingerprint density at radius 3 is 2.80 bits per heavy atom. The maximum atomic E-state index is 10.8. The Kier molecular flexibility index (Phi) is 2.49. The Labute approximate surface area is 60.9 Å². The number of esters is 1. The zero-order valence-corrected chi connectivity index (χ0v) is 6.01. The molecule has 0 spiro atoms. The van der Waals surface area contributed by atoms with Crippen molar-refractivity contribution in [2.75, 3.05) is 0 Å². The summed E-state index contributed by atoms with van der Waals surface area (Å²) in [5.41, 5.74) is 0. The van der Waals surface area contributed by atoms with E-state index in [1.807, 2.05) is 0 Å². The first-order valence-electron chi connectivity index (χ1n) is 3.63. The van der Waals surface area contributed by atoms with Crippen LogP contribution in [0.5, 0.6) is 0 Å². The molecule has 0 aromatic carbocycles. The zero-order chi connectivity index (χ0) is 7.40. The minimum atomic E-state index is -0.139. The fraction of sp³-hybridized carbons (Fsp3) is 0.625. The Balaban J connectivity index is 2.10. The van der Waals surface area contributed by atoms with Gasteiger partial charge in [-0.2, -0.15) is 0 Å². The molecular formula is C8H12O2. The topological polar surface area (TPSA) is 26.3 Å². The summed E-state index contributed by atoms with van der Waals surface area (Å²) in [7, 11) is 0. The monoisotopic (exact) mass is 140 g/mol. The second-order valence-electron chi connectivity index (χ2n) is 2.66. The summed E-state index contributed by atoms with van der Waals surface area (Å²) in [6.45, 7) is 3.31. The lowest BCUT2D eigenvalue weighted by Gasteiger charge is -2.23. The Hall–Kier alpha value is -0.790. The van der Waals surface area contributed by atoms with Crippen LogP contribution in [-0.4, -0.2) is 5.97 Å². The van der Waals surface area contributed by atoms with E-state index in [0.29, 0.717) is 12.3 Å². The summed E-state index contributed by atoms with van der Waals surface area (Å²) in [6.07, 6.45) is 5.41. The van der Waals surface area contributed by atoms with Gasteiger partial charge in [0.25, 0.3) is 0 Å². The third kappa shape index (κ3) is 1.87. The van der Waals surface area contributed by atoms with E-state index in [-0.39, 0.29) is 5.97 Å². The third-order valence-corrected chi connectivity index (χ3v) is 1.89. The fourth-order valence-electron chi connectivity index (χ4n) is 1.07. The molecule has 1 aliphatic rings. The van der Waals surface area contributed by atoms with Crippen molar-refractivity contribution in [2.45, 2.75) is 25.7 Å². The van der Waals surface area contributed by atoms with E-state index in [1.165, 1.54) is 25.5 Å². The van der Waals surface area contributed by atoms with Crippen molar-refractivity contribution in [3.8, 4) is 0 Å². The molecule has 2 heteroatoms. The zero-order valence-electron chi connectivity index (χ0n) is 6.01. The van der Waals surface area contributed by atoms with E-state index in [2.05, 4.69) is 11.3 Å². The van der Waals surface area contributed by atoms with E-state index in [4.69, 9.17) is 0 Å². The van der Waals surface area contributed by atoms with Crippen LogP contribution in [0, 0.1) is 5.92 Å². The van der Waals surface area contributed by atoms with Gasteiger partial charge in [0.2, 0.25) is 0 Å². The highest BCUT2D eigenvalue weighted by Crippen LogP contribution is 2.29. The number of ether oxygens (including phenoxy) is 1. The predicted molar refractivity (Wildman–Crippen MR) is 38.2 cm³/mol. The van der Waals surface area contributed by atoms with Crippen LogP contribution in [0.4, 0.5) is 0 Å². The van der Waals surface area contributed by atoms with Gasteiger partial charge in [-0.25, -0.2) is 0 Å². The maximum absolute atomic E-state index is 10.8. The van der Waals surface area contributed by atoms with Crippen LogP contribution in [0.1, 0.15) is 25.7 Å². The Morgan fingerprint density at radius 1 is 1.70 bits per heavy atom. The Morgan fingerprint density at radius 2 is 2.40 bits per heavy atom. The van der Waals surface area contributed by atoms with Gasteiger partial charge in [0.1, 0.15) is 0 Å². The highest BCUT2D eigenvalue weighted by atomic mass is 16.5. The lowest BCUT2D eigenvalue weighted by molar-refractivity contribution is -0.139. The highest BCUT2D eigenvalue weighted by Gasteiger charge is 2.20. The van der Waals surface area contributed by atoms with Gasteiger partial charge < -0.3 is 4.74 Å². The van der Waals surface area contributed by atoms with Crippen LogP contribution in [0.3, 0.4) is 0 Å². The SMILES string of the molecule is C=COC(=O)CC1CCC1. The fourth-order valence-corrected chi connectivity index (χ4v) is 1.07. The number of hydrogen-bond acceptors (Lipinski definition) is 2. The molecule has 0 atom stereocenters. The predicted octanol–water partition coefficient (Wildman–Crippen LogP) is 1.86. The van der Waals surface area contributed by atoms with Gasteiger partial charge in [-0.05, 0) is 18.8 Å². The number of carbonyl (C=O) groups excluding carboxylic acids is 1. The summed E-state index contributed by atoms with van der Waals surface area (Å²) in [6, 6.07) is 0. The van der Waals surface area contributed by atoms with E-state index in [1.54, 1.807) is 0 Å². The number of hydrogen-bond donors (Lipinski definition) is 0. The van der Waals surface area contributed by atoms with Gasteiger partial charge in [-0.3, -0.25) is 4.79 Å². The van der Waals surface area contributed by atoms with Gasteiger partial charge in [0, 0.05) is 6.42 Å². The van der Waals surface area contributed by atoms with Gasteiger partial charge in [0.15, 0.2) is 0 Å². The van der Waals surface area contributed by atoms with Crippen LogP contribution >= 0.6 is 0 Å². The van der Waals surface area contributed by atoms with Crippen LogP contribution < -0.4 is 0 Å². The second-order valence-corrected chi connectivity index (χ2v) is 2.66. The first-order chi connectivity index (χ1) is 4.83. The van der Waals surface area contributed by atoms with Gasteiger partial charge in [-0.1, -0.05) is 13.0 Å². The summed E-state index contributed by atoms with van der Waals surface area (Å²) in [5, 5.41) is 0. The van der Waals surface area contributed by atoms with Crippen molar-refractivity contribution >= 4 is 5.97 Å². The molecule has 56 valence electrons. The normalized spacial score (nSPS) is 17.6. The molecule has 1 aliphatic carbocycles. The molecular weight excluding hydrogens is 128 g/mol. The standard InChI is InChI=1S/C8H12O2/c1-2-10-8(9)6-7-4-3-5-7/h2,7H,1,3-6H2. The highest BCUT2D eigenvalue weighted by molar-refractivity contribution is 5.70.